The van der Waals surface area contributed by atoms with E-state index in [0.29, 0.717) is 5.56 Å². The maximum absolute atomic E-state index is 12.7. The molecule has 4 rings (SSSR count). The van der Waals surface area contributed by atoms with Gasteiger partial charge in [0.25, 0.3) is 17.5 Å². The molecule has 1 heterocycles. The van der Waals surface area contributed by atoms with E-state index in [1.807, 2.05) is 12.1 Å². The van der Waals surface area contributed by atoms with Crippen LogP contribution >= 0.6 is 0 Å². The molecule has 0 bridgehead atoms. The fourth-order valence-corrected chi connectivity index (χ4v) is 3.75. The Kier molecular flexibility index (Phi) is 4.07. The molecule has 27 heavy (non-hydrogen) atoms. The molecule has 2 aliphatic rings. The van der Waals surface area contributed by atoms with E-state index < -0.39 is 29.0 Å². The summed E-state index contributed by atoms with van der Waals surface area (Å²) in [5.41, 5.74) is 2.11. The van der Waals surface area contributed by atoms with Gasteiger partial charge >= 0.3 is 0 Å². The molecule has 0 N–H and O–H groups in total. The van der Waals surface area contributed by atoms with Crippen LogP contribution in [0.1, 0.15) is 55.0 Å². The lowest BCUT2D eigenvalue weighted by molar-refractivity contribution is -0.385. The Morgan fingerprint density at radius 1 is 1.04 bits per heavy atom. The van der Waals surface area contributed by atoms with Gasteiger partial charge in [0.1, 0.15) is 5.56 Å². The fourth-order valence-electron chi connectivity index (χ4n) is 3.75. The molecule has 0 unspecified atom stereocenters. The summed E-state index contributed by atoms with van der Waals surface area (Å²) in [5, 5.41) is 11.2. The Morgan fingerprint density at radius 2 is 1.78 bits per heavy atom. The minimum Gasteiger partial charge on any atom is -0.292 e. The number of hydrogen-bond donors (Lipinski definition) is 0. The number of aryl methyl sites for hydroxylation is 2. The lowest BCUT2D eigenvalue weighted by Crippen LogP contribution is -2.35. The van der Waals surface area contributed by atoms with E-state index in [2.05, 4.69) is 0 Å². The Labute approximate surface area is 154 Å². The van der Waals surface area contributed by atoms with Gasteiger partial charge in [0, 0.05) is 11.6 Å². The van der Waals surface area contributed by atoms with Gasteiger partial charge in [-0.2, -0.15) is 0 Å². The molecule has 7 heteroatoms. The number of benzene rings is 2. The number of amides is 2. The van der Waals surface area contributed by atoms with Crippen molar-refractivity contribution in [1.29, 1.82) is 0 Å². The smallest absolute Gasteiger partial charge is 0.282 e. The fraction of sp³-hybridized carbons (Fsp3) is 0.250. The second kappa shape index (κ2) is 6.42. The minimum atomic E-state index is -0.798. The summed E-state index contributed by atoms with van der Waals surface area (Å²) in [7, 11) is 0. The van der Waals surface area contributed by atoms with Gasteiger partial charge in [-0.3, -0.25) is 29.4 Å². The highest BCUT2D eigenvalue weighted by molar-refractivity contribution is 6.24. The molecule has 0 spiro atoms. The van der Waals surface area contributed by atoms with Crippen molar-refractivity contribution < 1.29 is 19.3 Å². The third kappa shape index (κ3) is 2.81. The van der Waals surface area contributed by atoms with Crippen molar-refractivity contribution in [3.8, 4) is 0 Å². The van der Waals surface area contributed by atoms with E-state index in [4.69, 9.17) is 0 Å². The summed E-state index contributed by atoms with van der Waals surface area (Å²) in [5.74, 6) is -1.83. The average Bonchev–Trinajstić information content (AvgIpc) is 2.92. The first-order valence-electron chi connectivity index (χ1n) is 8.76. The predicted octanol–water partition coefficient (Wildman–Crippen LogP) is 2.95. The molecule has 0 aromatic heterocycles. The number of nitrogens with zero attached hydrogens (tertiary/aromatic N) is 2. The number of fused-ring (bicyclic) bond motifs is 2. The number of hydrogen-bond acceptors (Lipinski definition) is 5. The quantitative estimate of drug-likeness (QED) is 0.360. The SMILES string of the molecule is O=C(CN1C(=O)c2cccc([N+](=O)[O-])c2C1=O)c1ccc2c(c1)CCCC2. The maximum Gasteiger partial charge on any atom is 0.282 e. The van der Waals surface area contributed by atoms with Gasteiger partial charge in [0.2, 0.25) is 0 Å². The van der Waals surface area contributed by atoms with Gasteiger partial charge in [0.15, 0.2) is 5.78 Å². The topological polar surface area (TPSA) is 97.6 Å². The van der Waals surface area contributed by atoms with Crippen LogP contribution < -0.4 is 0 Å². The second-order valence-corrected chi connectivity index (χ2v) is 6.77. The molecule has 0 saturated heterocycles. The van der Waals surface area contributed by atoms with Crippen LogP contribution in [0.25, 0.3) is 0 Å². The molecule has 0 atom stereocenters. The molecule has 1 aliphatic carbocycles. The highest BCUT2D eigenvalue weighted by atomic mass is 16.6. The maximum atomic E-state index is 12.7. The van der Waals surface area contributed by atoms with Crippen LogP contribution in [0.5, 0.6) is 0 Å². The standard InChI is InChI=1S/C20H16N2O5/c23-17(14-9-8-12-4-1-2-5-13(12)10-14)11-21-19(24)15-6-3-7-16(22(26)27)18(15)20(21)25/h3,6-10H,1-2,4-5,11H2. The summed E-state index contributed by atoms with van der Waals surface area (Å²) in [4.78, 5) is 49.0. The van der Waals surface area contributed by atoms with Crippen molar-refractivity contribution in [3.05, 3.63) is 74.3 Å². The predicted molar refractivity (Wildman–Crippen MR) is 95.9 cm³/mol. The molecule has 2 aromatic carbocycles. The second-order valence-electron chi connectivity index (χ2n) is 6.77. The van der Waals surface area contributed by atoms with Gasteiger partial charge in [-0.15, -0.1) is 0 Å². The highest BCUT2D eigenvalue weighted by Crippen LogP contribution is 2.31. The van der Waals surface area contributed by atoms with E-state index in [9.17, 15) is 24.5 Å². The zero-order chi connectivity index (χ0) is 19.1. The lowest BCUT2D eigenvalue weighted by atomic mass is 9.90. The summed E-state index contributed by atoms with van der Waals surface area (Å²) in [6.45, 7) is -0.428. The zero-order valence-corrected chi connectivity index (χ0v) is 14.4. The first-order valence-corrected chi connectivity index (χ1v) is 8.76. The summed E-state index contributed by atoms with van der Waals surface area (Å²) in [6, 6.07) is 9.38. The largest absolute Gasteiger partial charge is 0.292 e. The van der Waals surface area contributed by atoms with E-state index in [-0.39, 0.29) is 16.9 Å². The van der Waals surface area contributed by atoms with Crippen LogP contribution in [0.4, 0.5) is 5.69 Å². The van der Waals surface area contributed by atoms with Crippen LogP contribution in [0, 0.1) is 10.1 Å². The number of rotatable bonds is 4. The van der Waals surface area contributed by atoms with Gasteiger partial charge in [-0.1, -0.05) is 18.2 Å². The van der Waals surface area contributed by atoms with Gasteiger partial charge < -0.3 is 0 Å². The van der Waals surface area contributed by atoms with Crippen molar-refractivity contribution in [1.82, 2.24) is 4.90 Å². The van der Waals surface area contributed by atoms with E-state index >= 15 is 0 Å². The number of carbonyl (C=O) groups is 3. The van der Waals surface area contributed by atoms with Crippen LogP contribution in [0.3, 0.4) is 0 Å². The average molecular weight is 364 g/mol. The Morgan fingerprint density at radius 3 is 2.52 bits per heavy atom. The molecular formula is C20H16N2O5. The van der Waals surface area contributed by atoms with Crippen LogP contribution in [-0.4, -0.2) is 34.0 Å². The van der Waals surface area contributed by atoms with Crippen LogP contribution in [0.2, 0.25) is 0 Å². The number of nitro groups is 1. The van der Waals surface area contributed by atoms with Gasteiger partial charge in [0.05, 0.1) is 17.0 Å². The molecule has 7 nitrogen and oxygen atoms in total. The third-order valence-corrected chi connectivity index (χ3v) is 5.15. The Bertz CT molecular complexity index is 1010. The van der Waals surface area contributed by atoms with Gasteiger partial charge in [-0.25, -0.2) is 0 Å². The molecule has 0 radical (unpaired) electrons. The van der Waals surface area contributed by atoms with Crippen molar-refractivity contribution >= 4 is 23.3 Å². The van der Waals surface area contributed by atoms with Crippen LogP contribution in [0.15, 0.2) is 36.4 Å². The number of nitro benzene ring substituents is 1. The normalized spacial score (nSPS) is 15.5. The molecule has 2 amide bonds. The van der Waals surface area contributed by atoms with E-state index in [1.165, 1.54) is 23.8 Å². The third-order valence-electron chi connectivity index (χ3n) is 5.15. The first kappa shape index (κ1) is 17.1. The first-order chi connectivity index (χ1) is 13.0. The summed E-state index contributed by atoms with van der Waals surface area (Å²) < 4.78 is 0. The molecule has 136 valence electrons. The highest BCUT2D eigenvalue weighted by Gasteiger charge is 2.41. The lowest BCUT2D eigenvalue weighted by Gasteiger charge is -2.17. The Balaban J connectivity index is 1.61. The van der Waals surface area contributed by atoms with E-state index in [1.54, 1.807) is 6.07 Å². The van der Waals surface area contributed by atoms with Gasteiger partial charge in [-0.05, 0) is 48.9 Å². The number of Topliss-reactive ketones (excluding diaryl/α,β-unsaturated/α-hetero) is 1. The van der Waals surface area contributed by atoms with Crippen molar-refractivity contribution in [3.63, 3.8) is 0 Å². The zero-order valence-electron chi connectivity index (χ0n) is 14.4. The van der Waals surface area contributed by atoms with Crippen molar-refractivity contribution in [2.75, 3.05) is 6.54 Å². The number of imide groups is 1. The Hall–Kier alpha value is -3.35. The monoisotopic (exact) mass is 364 g/mol. The number of ketones is 1. The summed E-state index contributed by atoms with van der Waals surface area (Å²) in [6.07, 6.45) is 4.11. The molecule has 2 aromatic rings. The molecule has 0 fully saturated rings. The molecule has 1 aliphatic heterocycles. The van der Waals surface area contributed by atoms with E-state index in [0.717, 1.165) is 36.1 Å². The number of carbonyl (C=O) groups excluding carboxylic acids is 3. The van der Waals surface area contributed by atoms with Crippen molar-refractivity contribution in [2.45, 2.75) is 25.7 Å². The minimum absolute atomic E-state index is 0.0348. The summed E-state index contributed by atoms with van der Waals surface area (Å²) >= 11 is 0. The van der Waals surface area contributed by atoms with Crippen LogP contribution in [-0.2, 0) is 12.8 Å². The molecule has 0 saturated carbocycles. The molecular weight excluding hydrogens is 348 g/mol. The van der Waals surface area contributed by atoms with Crippen molar-refractivity contribution in [2.24, 2.45) is 0 Å².